The molecule has 13 heavy (non-hydrogen) atoms. The summed E-state index contributed by atoms with van der Waals surface area (Å²) in [6.07, 6.45) is 0. The van der Waals surface area contributed by atoms with Crippen molar-refractivity contribution in [3.63, 3.8) is 0 Å². The highest BCUT2D eigenvalue weighted by atomic mass is 127. The topological polar surface area (TPSA) is 18.5 Å². The van der Waals surface area contributed by atoms with Crippen molar-refractivity contribution in [2.75, 3.05) is 19.8 Å². The summed E-state index contributed by atoms with van der Waals surface area (Å²) in [5.41, 5.74) is 0. The Morgan fingerprint density at radius 3 is 2.85 bits per heavy atom. The van der Waals surface area contributed by atoms with Crippen LogP contribution in [-0.2, 0) is 4.74 Å². The molecule has 0 aliphatic heterocycles. The molecular formula is C10H13IO2. The summed E-state index contributed by atoms with van der Waals surface area (Å²) in [7, 11) is 0. The summed E-state index contributed by atoms with van der Waals surface area (Å²) in [5.74, 6) is 0.909. The number of rotatable bonds is 5. The SMILES string of the molecule is CCOCCOc1cccc(I)c1. The van der Waals surface area contributed by atoms with E-state index in [4.69, 9.17) is 9.47 Å². The number of ether oxygens (including phenoxy) is 2. The van der Waals surface area contributed by atoms with Crippen molar-refractivity contribution < 1.29 is 9.47 Å². The lowest BCUT2D eigenvalue weighted by atomic mass is 10.3. The van der Waals surface area contributed by atoms with Gasteiger partial charge in [0, 0.05) is 10.2 Å². The third kappa shape index (κ3) is 4.47. The van der Waals surface area contributed by atoms with Crippen molar-refractivity contribution in [2.45, 2.75) is 6.92 Å². The minimum atomic E-state index is 0.619. The number of halogens is 1. The summed E-state index contributed by atoms with van der Waals surface area (Å²) in [5, 5.41) is 0. The van der Waals surface area contributed by atoms with Gasteiger partial charge in [-0.3, -0.25) is 0 Å². The fraction of sp³-hybridized carbons (Fsp3) is 0.400. The molecule has 2 nitrogen and oxygen atoms in total. The van der Waals surface area contributed by atoms with Crippen LogP contribution in [0.2, 0.25) is 0 Å². The molecule has 0 unspecified atom stereocenters. The lowest BCUT2D eigenvalue weighted by Gasteiger charge is -2.05. The van der Waals surface area contributed by atoms with Crippen molar-refractivity contribution in [2.24, 2.45) is 0 Å². The average Bonchev–Trinajstić information content (AvgIpc) is 2.13. The van der Waals surface area contributed by atoms with Crippen molar-refractivity contribution in [1.82, 2.24) is 0 Å². The molecule has 0 aliphatic carbocycles. The average molecular weight is 292 g/mol. The maximum Gasteiger partial charge on any atom is 0.120 e. The van der Waals surface area contributed by atoms with Gasteiger partial charge in [0.05, 0.1) is 6.61 Å². The van der Waals surface area contributed by atoms with Crippen LogP contribution in [0.15, 0.2) is 24.3 Å². The van der Waals surface area contributed by atoms with Gasteiger partial charge in [0.1, 0.15) is 12.4 Å². The molecule has 0 atom stereocenters. The van der Waals surface area contributed by atoms with Crippen LogP contribution in [0.25, 0.3) is 0 Å². The lowest BCUT2D eigenvalue weighted by Crippen LogP contribution is -2.06. The highest BCUT2D eigenvalue weighted by molar-refractivity contribution is 14.1. The van der Waals surface area contributed by atoms with Crippen LogP contribution in [0, 0.1) is 3.57 Å². The van der Waals surface area contributed by atoms with Gasteiger partial charge in [-0.15, -0.1) is 0 Å². The molecule has 1 aromatic rings. The monoisotopic (exact) mass is 292 g/mol. The predicted molar refractivity (Wildman–Crippen MR) is 61.1 cm³/mol. The first-order valence-corrected chi connectivity index (χ1v) is 5.37. The smallest absolute Gasteiger partial charge is 0.120 e. The standard InChI is InChI=1S/C10H13IO2/c1-2-12-6-7-13-10-5-3-4-9(11)8-10/h3-5,8H,2,6-7H2,1H3. The minimum absolute atomic E-state index is 0.619. The molecule has 0 fully saturated rings. The molecule has 0 radical (unpaired) electrons. The first kappa shape index (κ1) is 10.8. The molecule has 1 rings (SSSR count). The van der Waals surface area contributed by atoms with Crippen LogP contribution >= 0.6 is 22.6 Å². The second kappa shape index (κ2) is 6.21. The van der Waals surface area contributed by atoms with Gasteiger partial charge in [0.25, 0.3) is 0 Å². The Labute approximate surface area is 92.4 Å². The first-order chi connectivity index (χ1) is 6.33. The van der Waals surface area contributed by atoms with Gasteiger partial charge in [-0.1, -0.05) is 6.07 Å². The van der Waals surface area contributed by atoms with E-state index in [0.717, 1.165) is 12.4 Å². The van der Waals surface area contributed by atoms with Gasteiger partial charge in [0.15, 0.2) is 0 Å². The molecule has 0 heterocycles. The van der Waals surface area contributed by atoms with Crippen molar-refractivity contribution >= 4 is 22.6 Å². The van der Waals surface area contributed by atoms with Gasteiger partial charge >= 0.3 is 0 Å². The van der Waals surface area contributed by atoms with Gasteiger partial charge in [0.2, 0.25) is 0 Å². The van der Waals surface area contributed by atoms with E-state index in [9.17, 15) is 0 Å². The Bertz CT molecular complexity index is 250. The van der Waals surface area contributed by atoms with Crippen LogP contribution < -0.4 is 4.74 Å². The molecule has 3 heteroatoms. The largest absolute Gasteiger partial charge is 0.491 e. The number of benzene rings is 1. The quantitative estimate of drug-likeness (QED) is 0.613. The van der Waals surface area contributed by atoms with Gasteiger partial charge in [-0.05, 0) is 47.7 Å². The van der Waals surface area contributed by atoms with E-state index in [-0.39, 0.29) is 0 Å². The van der Waals surface area contributed by atoms with E-state index in [1.54, 1.807) is 0 Å². The molecule has 0 N–H and O–H groups in total. The zero-order chi connectivity index (χ0) is 9.52. The Morgan fingerprint density at radius 2 is 2.15 bits per heavy atom. The third-order valence-corrected chi connectivity index (χ3v) is 2.17. The van der Waals surface area contributed by atoms with Crippen LogP contribution in [0.4, 0.5) is 0 Å². The molecular weight excluding hydrogens is 279 g/mol. The number of hydrogen-bond acceptors (Lipinski definition) is 2. The zero-order valence-corrected chi connectivity index (χ0v) is 9.78. The maximum absolute atomic E-state index is 5.46. The summed E-state index contributed by atoms with van der Waals surface area (Å²) in [4.78, 5) is 0. The van der Waals surface area contributed by atoms with E-state index >= 15 is 0 Å². The number of hydrogen-bond donors (Lipinski definition) is 0. The van der Waals surface area contributed by atoms with Gasteiger partial charge in [-0.25, -0.2) is 0 Å². The molecule has 72 valence electrons. The first-order valence-electron chi connectivity index (χ1n) is 4.29. The molecule has 0 amide bonds. The maximum atomic E-state index is 5.46. The highest BCUT2D eigenvalue weighted by Crippen LogP contribution is 2.14. The molecule has 0 saturated carbocycles. The van der Waals surface area contributed by atoms with Crippen LogP contribution in [-0.4, -0.2) is 19.8 Å². The lowest BCUT2D eigenvalue weighted by molar-refractivity contribution is 0.110. The Hall–Kier alpha value is -0.290. The second-order valence-corrected chi connectivity index (χ2v) is 3.75. The Kier molecular flexibility index (Phi) is 5.15. The molecule has 0 aromatic heterocycles. The normalized spacial score (nSPS) is 10.0. The van der Waals surface area contributed by atoms with Crippen LogP contribution in [0.5, 0.6) is 5.75 Å². The molecule has 0 bridgehead atoms. The van der Waals surface area contributed by atoms with E-state index in [0.29, 0.717) is 13.2 Å². The Morgan fingerprint density at radius 1 is 1.31 bits per heavy atom. The van der Waals surface area contributed by atoms with E-state index in [2.05, 4.69) is 22.6 Å². The van der Waals surface area contributed by atoms with E-state index in [1.807, 2.05) is 31.2 Å². The summed E-state index contributed by atoms with van der Waals surface area (Å²) >= 11 is 2.26. The molecule has 0 aliphatic rings. The van der Waals surface area contributed by atoms with Crippen LogP contribution in [0.3, 0.4) is 0 Å². The van der Waals surface area contributed by atoms with Gasteiger partial charge in [-0.2, -0.15) is 0 Å². The van der Waals surface area contributed by atoms with Crippen molar-refractivity contribution in [3.05, 3.63) is 27.8 Å². The summed E-state index contributed by atoms with van der Waals surface area (Å²) in [6.45, 7) is 4.00. The fourth-order valence-electron chi connectivity index (χ4n) is 0.920. The van der Waals surface area contributed by atoms with Crippen LogP contribution in [0.1, 0.15) is 6.92 Å². The second-order valence-electron chi connectivity index (χ2n) is 2.50. The van der Waals surface area contributed by atoms with E-state index in [1.165, 1.54) is 3.57 Å². The minimum Gasteiger partial charge on any atom is -0.491 e. The van der Waals surface area contributed by atoms with Crippen molar-refractivity contribution in [3.8, 4) is 5.75 Å². The highest BCUT2D eigenvalue weighted by Gasteiger charge is 1.93. The van der Waals surface area contributed by atoms with E-state index < -0.39 is 0 Å². The molecule has 0 spiro atoms. The predicted octanol–water partition coefficient (Wildman–Crippen LogP) is 2.71. The molecule has 0 saturated heterocycles. The fourth-order valence-corrected chi connectivity index (χ4v) is 1.43. The van der Waals surface area contributed by atoms with Gasteiger partial charge < -0.3 is 9.47 Å². The van der Waals surface area contributed by atoms with Crippen molar-refractivity contribution in [1.29, 1.82) is 0 Å². The zero-order valence-electron chi connectivity index (χ0n) is 7.63. The summed E-state index contributed by atoms with van der Waals surface area (Å²) in [6, 6.07) is 7.98. The summed E-state index contributed by atoms with van der Waals surface area (Å²) < 4.78 is 11.8. The Balaban J connectivity index is 2.28. The molecule has 1 aromatic carbocycles. The third-order valence-electron chi connectivity index (χ3n) is 1.50.